The van der Waals surface area contributed by atoms with E-state index >= 15 is 0 Å². The van der Waals surface area contributed by atoms with Crippen LogP contribution in [0.5, 0.6) is 5.75 Å². The van der Waals surface area contributed by atoms with Crippen LogP contribution in [0.3, 0.4) is 0 Å². The largest absolute Gasteiger partial charge is 0.497 e. The molecule has 0 unspecified atom stereocenters. The number of hydrogen-bond donors (Lipinski definition) is 2. The molecule has 136 valence electrons. The summed E-state index contributed by atoms with van der Waals surface area (Å²) in [6.45, 7) is 4.75. The molecule has 0 aliphatic heterocycles. The van der Waals surface area contributed by atoms with Crippen molar-refractivity contribution in [3.63, 3.8) is 0 Å². The lowest BCUT2D eigenvalue weighted by Crippen LogP contribution is -2.14. The first-order chi connectivity index (χ1) is 12.0. The Morgan fingerprint density at radius 2 is 1.96 bits per heavy atom. The third-order valence-corrected chi connectivity index (χ3v) is 5.32. The smallest absolute Gasteiger partial charge is 0.262 e. The number of nitrogens with one attached hydrogen (secondary N) is 2. The summed E-state index contributed by atoms with van der Waals surface area (Å²) >= 11 is 0. The van der Waals surface area contributed by atoms with E-state index in [-0.39, 0.29) is 4.90 Å². The van der Waals surface area contributed by atoms with Crippen LogP contribution in [-0.2, 0) is 10.0 Å². The maximum atomic E-state index is 12.6. The molecule has 2 aromatic rings. The summed E-state index contributed by atoms with van der Waals surface area (Å²) in [4.78, 5) is 4.46. The molecular weight excluding hydrogens is 338 g/mol. The molecular formula is C18H25N3O3S. The average molecular weight is 363 g/mol. The van der Waals surface area contributed by atoms with Crippen LogP contribution in [0, 0.1) is 6.92 Å². The zero-order valence-corrected chi connectivity index (χ0v) is 15.7. The Kier molecular flexibility index (Phi) is 6.64. The molecule has 0 spiro atoms. The lowest BCUT2D eigenvalue weighted by molar-refractivity contribution is 0.414. The normalized spacial score (nSPS) is 11.2. The van der Waals surface area contributed by atoms with Crippen molar-refractivity contribution in [1.29, 1.82) is 0 Å². The van der Waals surface area contributed by atoms with Gasteiger partial charge in [-0.15, -0.1) is 0 Å². The van der Waals surface area contributed by atoms with Gasteiger partial charge in [0.15, 0.2) is 0 Å². The van der Waals surface area contributed by atoms with E-state index in [1.807, 2.05) is 0 Å². The predicted molar refractivity (Wildman–Crippen MR) is 101 cm³/mol. The quantitative estimate of drug-likeness (QED) is 0.662. The van der Waals surface area contributed by atoms with Gasteiger partial charge in [0.05, 0.1) is 23.9 Å². The number of benzene rings is 1. The van der Waals surface area contributed by atoms with Crippen molar-refractivity contribution >= 4 is 21.5 Å². The van der Waals surface area contributed by atoms with Crippen molar-refractivity contribution in [3.05, 3.63) is 42.1 Å². The number of ether oxygens (including phenoxy) is 1. The van der Waals surface area contributed by atoms with Crippen molar-refractivity contribution in [3.8, 4) is 5.75 Å². The molecule has 6 nitrogen and oxygen atoms in total. The summed E-state index contributed by atoms with van der Waals surface area (Å²) in [7, 11) is -2.13. The second-order valence-corrected chi connectivity index (χ2v) is 7.45. The number of hydrogen-bond acceptors (Lipinski definition) is 5. The molecule has 1 aromatic carbocycles. The Morgan fingerprint density at radius 3 is 2.56 bits per heavy atom. The predicted octanol–water partition coefficient (Wildman–Crippen LogP) is 3.80. The molecule has 0 bridgehead atoms. The molecule has 1 aromatic heterocycles. The van der Waals surface area contributed by atoms with Crippen LogP contribution in [0.4, 0.5) is 11.5 Å². The maximum Gasteiger partial charge on any atom is 0.262 e. The SMILES string of the molecule is CCCCCNc1ccc(NS(=O)(=O)c2ccc(OC)cc2C)cn1. The minimum absolute atomic E-state index is 0.218. The molecule has 1 heterocycles. The average Bonchev–Trinajstić information content (AvgIpc) is 2.59. The van der Waals surface area contributed by atoms with Gasteiger partial charge in [-0.25, -0.2) is 13.4 Å². The molecule has 2 rings (SSSR count). The van der Waals surface area contributed by atoms with Crippen LogP contribution >= 0.6 is 0 Å². The van der Waals surface area contributed by atoms with E-state index in [0.717, 1.165) is 18.8 Å². The van der Waals surface area contributed by atoms with E-state index in [1.54, 1.807) is 38.3 Å². The Hall–Kier alpha value is -2.28. The molecule has 0 fully saturated rings. The van der Waals surface area contributed by atoms with Crippen molar-refractivity contribution in [2.45, 2.75) is 38.0 Å². The van der Waals surface area contributed by atoms with Gasteiger partial charge in [0.2, 0.25) is 0 Å². The van der Waals surface area contributed by atoms with Crippen molar-refractivity contribution in [2.24, 2.45) is 0 Å². The second kappa shape index (κ2) is 8.71. The first-order valence-electron chi connectivity index (χ1n) is 8.33. The highest BCUT2D eigenvalue weighted by Crippen LogP contribution is 2.23. The van der Waals surface area contributed by atoms with Gasteiger partial charge in [-0.2, -0.15) is 0 Å². The van der Waals surface area contributed by atoms with E-state index in [2.05, 4.69) is 21.9 Å². The van der Waals surface area contributed by atoms with Gasteiger partial charge in [-0.05, 0) is 49.2 Å². The van der Waals surface area contributed by atoms with Gasteiger partial charge in [0.1, 0.15) is 11.6 Å². The highest BCUT2D eigenvalue weighted by atomic mass is 32.2. The number of rotatable bonds is 9. The summed E-state index contributed by atoms with van der Waals surface area (Å²) in [6, 6.07) is 8.32. The lowest BCUT2D eigenvalue weighted by atomic mass is 10.2. The fraction of sp³-hybridized carbons (Fsp3) is 0.389. The van der Waals surface area contributed by atoms with E-state index in [9.17, 15) is 8.42 Å². The summed E-state index contributed by atoms with van der Waals surface area (Å²) in [5.41, 5.74) is 1.04. The number of nitrogens with zero attached hydrogens (tertiary/aromatic N) is 1. The van der Waals surface area contributed by atoms with Crippen LogP contribution in [0.25, 0.3) is 0 Å². The fourth-order valence-electron chi connectivity index (χ4n) is 2.41. The Bertz CT molecular complexity index is 790. The fourth-order valence-corrected chi connectivity index (χ4v) is 3.68. The number of unbranched alkanes of at least 4 members (excludes halogenated alkanes) is 2. The Morgan fingerprint density at radius 1 is 1.16 bits per heavy atom. The monoisotopic (exact) mass is 363 g/mol. The van der Waals surface area contributed by atoms with Gasteiger partial charge in [0, 0.05) is 6.54 Å². The maximum absolute atomic E-state index is 12.6. The molecule has 0 atom stereocenters. The first kappa shape index (κ1) is 19.1. The van der Waals surface area contributed by atoms with Gasteiger partial charge in [-0.1, -0.05) is 19.8 Å². The zero-order chi connectivity index (χ0) is 18.3. The van der Waals surface area contributed by atoms with Gasteiger partial charge in [-0.3, -0.25) is 4.72 Å². The van der Waals surface area contributed by atoms with Crippen LogP contribution in [0.1, 0.15) is 31.7 Å². The highest BCUT2D eigenvalue weighted by Gasteiger charge is 2.17. The summed E-state index contributed by atoms with van der Waals surface area (Å²) in [5.74, 6) is 1.36. The number of methoxy groups -OCH3 is 1. The first-order valence-corrected chi connectivity index (χ1v) is 9.82. The van der Waals surface area contributed by atoms with Crippen LogP contribution < -0.4 is 14.8 Å². The number of pyridine rings is 1. The minimum atomic E-state index is -3.67. The Balaban J connectivity index is 2.05. The number of aryl methyl sites for hydroxylation is 1. The topological polar surface area (TPSA) is 80.3 Å². The van der Waals surface area contributed by atoms with E-state index in [4.69, 9.17) is 4.74 Å². The number of anilines is 2. The molecule has 7 heteroatoms. The van der Waals surface area contributed by atoms with E-state index in [0.29, 0.717) is 17.0 Å². The molecule has 0 aliphatic rings. The van der Waals surface area contributed by atoms with Gasteiger partial charge >= 0.3 is 0 Å². The van der Waals surface area contributed by atoms with E-state index in [1.165, 1.54) is 25.1 Å². The van der Waals surface area contributed by atoms with Gasteiger partial charge in [0.25, 0.3) is 10.0 Å². The molecule has 0 aliphatic carbocycles. The summed E-state index contributed by atoms with van der Waals surface area (Å²) < 4.78 is 32.8. The van der Waals surface area contributed by atoms with Crippen LogP contribution in [0.2, 0.25) is 0 Å². The van der Waals surface area contributed by atoms with Crippen molar-refractivity contribution in [1.82, 2.24) is 4.98 Å². The molecule has 25 heavy (non-hydrogen) atoms. The standard InChI is InChI=1S/C18H25N3O3S/c1-4-5-6-11-19-18-10-7-15(13-20-18)21-25(22,23)17-9-8-16(24-3)12-14(17)2/h7-10,12-13,21H,4-6,11H2,1-3H3,(H,19,20). The molecule has 2 N–H and O–H groups in total. The third kappa shape index (κ3) is 5.35. The van der Waals surface area contributed by atoms with Crippen LogP contribution in [0.15, 0.2) is 41.4 Å². The van der Waals surface area contributed by atoms with E-state index < -0.39 is 10.0 Å². The third-order valence-electron chi connectivity index (χ3n) is 3.77. The van der Waals surface area contributed by atoms with Gasteiger partial charge < -0.3 is 10.1 Å². The number of sulfonamides is 1. The Labute approximate surface area is 149 Å². The number of aromatic nitrogens is 1. The molecule has 0 saturated heterocycles. The lowest BCUT2D eigenvalue weighted by Gasteiger charge is -2.12. The second-order valence-electron chi connectivity index (χ2n) is 5.80. The molecule has 0 saturated carbocycles. The van der Waals surface area contributed by atoms with Crippen LogP contribution in [-0.4, -0.2) is 27.1 Å². The molecule has 0 amide bonds. The zero-order valence-electron chi connectivity index (χ0n) is 14.9. The van der Waals surface area contributed by atoms with Crippen molar-refractivity contribution in [2.75, 3.05) is 23.7 Å². The minimum Gasteiger partial charge on any atom is -0.497 e. The molecule has 0 radical (unpaired) electrons. The summed E-state index contributed by atoms with van der Waals surface area (Å²) in [5, 5.41) is 3.22. The highest BCUT2D eigenvalue weighted by molar-refractivity contribution is 7.92. The van der Waals surface area contributed by atoms with Crippen molar-refractivity contribution < 1.29 is 13.2 Å². The summed E-state index contributed by atoms with van der Waals surface area (Å²) in [6.07, 6.45) is 4.94.